The third-order valence-electron chi connectivity index (χ3n) is 3.62. The molecule has 0 spiro atoms. The summed E-state index contributed by atoms with van der Waals surface area (Å²) in [5, 5.41) is 10.3. The van der Waals surface area contributed by atoms with Crippen LogP contribution in [-0.2, 0) is 11.2 Å². The molecular weight excluding hydrogens is 216 g/mol. The third kappa shape index (κ3) is 2.17. The topological polar surface area (TPSA) is 38.7 Å². The van der Waals surface area contributed by atoms with Gasteiger partial charge in [0.1, 0.15) is 11.9 Å². The first kappa shape index (κ1) is 11.1. The van der Waals surface area contributed by atoms with Crippen molar-refractivity contribution >= 4 is 0 Å². The van der Waals surface area contributed by atoms with Crippen molar-refractivity contribution in [3.05, 3.63) is 29.3 Å². The van der Waals surface area contributed by atoms with Crippen LogP contribution < -0.4 is 4.74 Å². The van der Waals surface area contributed by atoms with Crippen molar-refractivity contribution in [3.63, 3.8) is 0 Å². The van der Waals surface area contributed by atoms with Crippen LogP contribution >= 0.6 is 0 Å². The average Bonchev–Trinajstić information content (AvgIpc) is 2.86. The lowest BCUT2D eigenvalue weighted by Crippen LogP contribution is -2.26. The highest BCUT2D eigenvalue weighted by Gasteiger charge is 2.25. The number of fused-ring (bicyclic) bond motifs is 1. The average molecular weight is 234 g/mol. The summed E-state index contributed by atoms with van der Waals surface area (Å²) in [5.74, 6) is 0.963. The Kier molecular flexibility index (Phi) is 3.04. The molecule has 92 valence electrons. The standard InChI is InChI=1S/C14H18O3/c15-14(13-3-1-2-7-16-13)11-4-5-12-10(9-11)6-8-17-12/h4-5,9,13-15H,1-3,6-8H2. The molecule has 0 radical (unpaired) electrons. The molecular formula is C14H18O3. The Morgan fingerprint density at radius 2 is 2.18 bits per heavy atom. The van der Waals surface area contributed by atoms with E-state index < -0.39 is 6.10 Å². The summed E-state index contributed by atoms with van der Waals surface area (Å²) >= 11 is 0. The molecule has 0 saturated carbocycles. The maximum Gasteiger partial charge on any atom is 0.122 e. The van der Waals surface area contributed by atoms with Gasteiger partial charge in [-0.05, 0) is 42.5 Å². The molecule has 1 aromatic carbocycles. The lowest BCUT2D eigenvalue weighted by molar-refractivity contribution is -0.0633. The van der Waals surface area contributed by atoms with E-state index in [1.54, 1.807) is 0 Å². The Labute approximate surface area is 101 Å². The van der Waals surface area contributed by atoms with Gasteiger partial charge in [0, 0.05) is 13.0 Å². The number of hydrogen-bond acceptors (Lipinski definition) is 3. The molecule has 2 atom stereocenters. The van der Waals surface area contributed by atoms with Crippen molar-refractivity contribution in [2.45, 2.75) is 37.9 Å². The highest BCUT2D eigenvalue weighted by molar-refractivity contribution is 5.40. The van der Waals surface area contributed by atoms with Crippen molar-refractivity contribution in [1.82, 2.24) is 0 Å². The SMILES string of the molecule is OC(c1ccc2c(c1)CCO2)C1CCCCO1. The molecule has 1 aromatic rings. The maximum absolute atomic E-state index is 10.3. The number of aliphatic hydroxyl groups is 1. The Morgan fingerprint density at radius 1 is 1.24 bits per heavy atom. The van der Waals surface area contributed by atoms with Gasteiger partial charge in [-0.2, -0.15) is 0 Å². The van der Waals surface area contributed by atoms with Gasteiger partial charge in [0.15, 0.2) is 0 Å². The lowest BCUT2D eigenvalue weighted by atomic mass is 9.96. The van der Waals surface area contributed by atoms with E-state index in [0.717, 1.165) is 50.2 Å². The van der Waals surface area contributed by atoms with Gasteiger partial charge in [0.05, 0.1) is 12.7 Å². The molecule has 2 heterocycles. The highest BCUT2D eigenvalue weighted by Crippen LogP contribution is 2.31. The first-order valence-electron chi connectivity index (χ1n) is 6.40. The molecule has 2 unspecified atom stereocenters. The van der Waals surface area contributed by atoms with Crippen LogP contribution in [0.15, 0.2) is 18.2 Å². The summed E-state index contributed by atoms with van der Waals surface area (Å²) in [6.07, 6.45) is 3.62. The predicted octanol–water partition coefficient (Wildman–Crippen LogP) is 2.22. The van der Waals surface area contributed by atoms with E-state index in [-0.39, 0.29) is 6.10 Å². The summed E-state index contributed by atoms with van der Waals surface area (Å²) in [6.45, 7) is 1.53. The second-order valence-electron chi connectivity index (χ2n) is 4.82. The maximum atomic E-state index is 10.3. The molecule has 0 aliphatic carbocycles. The van der Waals surface area contributed by atoms with Crippen LogP contribution in [0.2, 0.25) is 0 Å². The van der Waals surface area contributed by atoms with Crippen LogP contribution in [0, 0.1) is 0 Å². The van der Waals surface area contributed by atoms with E-state index >= 15 is 0 Å². The summed E-state index contributed by atoms with van der Waals surface area (Å²) in [4.78, 5) is 0. The number of rotatable bonds is 2. The first-order chi connectivity index (χ1) is 8.34. The van der Waals surface area contributed by atoms with E-state index in [0.29, 0.717) is 0 Å². The van der Waals surface area contributed by atoms with Gasteiger partial charge in [-0.3, -0.25) is 0 Å². The molecule has 2 aliphatic heterocycles. The van der Waals surface area contributed by atoms with E-state index in [2.05, 4.69) is 6.07 Å². The van der Waals surface area contributed by atoms with Crippen molar-refractivity contribution in [3.8, 4) is 5.75 Å². The van der Waals surface area contributed by atoms with Gasteiger partial charge in [0.2, 0.25) is 0 Å². The van der Waals surface area contributed by atoms with Gasteiger partial charge < -0.3 is 14.6 Å². The second-order valence-corrected chi connectivity index (χ2v) is 4.82. The van der Waals surface area contributed by atoms with Gasteiger partial charge in [-0.25, -0.2) is 0 Å². The van der Waals surface area contributed by atoms with Crippen LogP contribution in [0.25, 0.3) is 0 Å². The predicted molar refractivity (Wildman–Crippen MR) is 64.2 cm³/mol. The number of ether oxygens (including phenoxy) is 2. The zero-order valence-electron chi connectivity index (χ0n) is 9.89. The van der Waals surface area contributed by atoms with Crippen LogP contribution in [-0.4, -0.2) is 24.4 Å². The van der Waals surface area contributed by atoms with Gasteiger partial charge in [0.25, 0.3) is 0 Å². The minimum absolute atomic E-state index is 0.0379. The molecule has 3 rings (SSSR count). The second kappa shape index (κ2) is 4.67. The van der Waals surface area contributed by atoms with E-state index in [9.17, 15) is 5.11 Å². The van der Waals surface area contributed by atoms with Crippen molar-refractivity contribution in [2.75, 3.05) is 13.2 Å². The minimum Gasteiger partial charge on any atom is -0.493 e. The number of benzene rings is 1. The van der Waals surface area contributed by atoms with Crippen molar-refractivity contribution in [1.29, 1.82) is 0 Å². The van der Waals surface area contributed by atoms with Crippen LogP contribution in [0.5, 0.6) is 5.75 Å². The molecule has 2 aliphatic rings. The molecule has 0 amide bonds. The summed E-state index contributed by atoms with van der Waals surface area (Å²) in [7, 11) is 0. The molecule has 1 N–H and O–H groups in total. The van der Waals surface area contributed by atoms with Gasteiger partial charge in [-0.1, -0.05) is 6.07 Å². The zero-order valence-corrected chi connectivity index (χ0v) is 9.89. The van der Waals surface area contributed by atoms with E-state index in [1.807, 2.05) is 12.1 Å². The Balaban J connectivity index is 1.78. The molecule has 0 aromatic heterocycles. The first-order valence-corrected chi connectivity index (χ1v) is 6.40. The molecule has 1 saturated heterocycles. The van der Waals surface area contributed by atoms with E-state index in [1.165, 1.54) is 5.56 Å². The summed E-state index contributed by atoms with van der Waals surface area (Å²) < 4.78 is 11.1. The van der Waals surface area contributed by atoms with Crippen molar-refractivity contribution in [2.24, 2.45) is 0 Å². The Bertz CT molecular complexity index is 396. The molecule has 3 nitrogen and oxygen atoms in total. The summed E-state index contributed by atoms with van der Waals surface area (Å²) in [6, 6.07) is 5.97. The Hall–Kier alpha value is -1.06. The minimum atomic E-state index is -0.499. The van der Waals surface area contributed by atoms with Crippen molar-refractivity contribution < 1.29 is 14.6 Å². The number of aliphatic hydroxyl groups excluding tert-OH is 1. The largest absolute Gasteiger partial charge is 0.493 e. The molecule has 1 fully saturated rings. The Morgan fingerprint density at radius 3 is 3.00 bits per heavy atom. The van der Waals surface area contributed by atoms with Crippen LogP contribution in [0.4, 0.5) is 0 Å². The highest BCUT2D eigenvalue weighted by atomic mass is 16.5. The van der Waals surface area contributed by atoms with Crippen LogP contribution in [0.3, 0.4) is 0 Å². The summed E-state index contributed by atoms with van der Waals surface area (Å²) in [5.41, 5.74) is 2.17. The monoisotopic (exact) mass is 234 g/mol. The quantitative estimate of drug-likeness (QED) is 0.852. The number of hydrogen-bond donors (Lipinski definition) is 1. The van der Waals surface area contributed by atoms with Gasteiger partial charge in [-0.15, -0.1) is 0 Å². The third-order valence-corrected chi connectivity index (χ3v) is 3.62. The fourth-order valence-corrected chi connectivity index (χ4v) is 2.62. The fourth-order valence-electron chi connectivity index (χ4n) is 2.62. The van der Waals surface area contributed by atoms with E-state index in [4.69, 9.17) is 9.47 Å². The fraction of sp³-hybridized carbons (Fsp3) is 0.571. The normalized spacial score (nSPS) is 25.1. The van der Waals surface area contributed by atoms with Crippen LogP contribution in [0.1, 0.15) is 36.5 Å². The smallest absolute Gasteiger partial charge is 0.122 e. The molecule has 3 heteroatoms. The molecule has 17 heavy (non-hydrogen) atoms. The lowest BCUT2D eigenvalue weighted by Gasteiger charge is -2.27. The van der Waals surface area contributed by atoms with Gasteiger partial charge >= 0.3 is 0 Å². The zero-order chi connectivity index (χ0) is 11.7. The molecule has 0 bridgehead atoms.